The van der Waals surface area contributed by atoms with Crippen molar-refractivity contribution in [2.45, 2.75) is 37.0 Å². The number of rotatable bonds is 6. The summed E-state index contributed by atoms with van der Waals surface area (Å²) >= 11 is 0. The van der Waals surface area contributed by atoms with E-state index in [-0.39, 0.29) is 23.9 Å². The highest BCUT2D eigenvalue weighted by Gasteiger charge is 2.42. The van der Waals surface area contributed by atoms with Gasteiger partial charge in [0, 0.05) is 31.3 Å². The second-order valence-corrected chi connectivity index (χ2v) is 8.79. The Morgan fingerprint density at radius 2 is 2.04 bits per heavy atom. The number of halogens is 1. The second-order valence-electron chi connectivity index (χ2n) is 6.85. The van der Waals surface area contributed by atoms with Gasteiger partial charge in [-0.3, -0.25) is 0 Å². The minimum absolute atomic E-state index is 0.0136. The first kappa shape index (κ1) is 18.3. The van der Waals surface area contributed by atoms with Crippen molar-refractivity contribution in [3.8, 4) is 5.88 Å². The van der Waals surface area contributed by atoms with Crippen molar-refractivity contribution in [3.63, 3.8) is 0 Å². The van der Waals surface area contributed by atoms with Gasteiger partial charge in [-0.2, -0.15) is 4.31 Å². The van der Waals surface area contributed by atoms with Gasteiger partial charge in [0.2, 0.25) is 15.9 Å². The fourth-order valence-corrected chi connectivity index (χ4v) is 4.82. The van der Waals surface area contributed by atoms with Crippen LogP contribution < -0.4 is 10.5 Å². The lowest BCUT2D eigenvalue weighted by molar-refractivity contribution is 0.0609. The summed E-state index contributed by atoms with van der Waals surface area (Å²) in [5.41, 5.74) is 6.05. The Labute approximate surface area is 147 Å². The summed E-state index contributed by atoms with van der Waals surface area (Å²) in [7, 11) is -3.53. The van der Waals surface area contributed by atoms with Crippen LogP contribution in [0.3, 0.4) is 0 Å². The number of sulfonamides is 1. The van der Waals surface area contributed by atoms with Gasteiger partial charge in [-0.1, -0.05) is 6.42 Å². The van der Waals surface area contributed by atoms with Crippen LogP contribution >= 0.6 is 0 Å². The lowest BCUT2D eigenvalue weighted by Crippen LogP contribution is -2.45. The van der Waals surface area contributed by atoms with Crippen molar-refractivity contribution in [2.24, 2.45) is 11.1 Å². The molecule has 0 unspecified atom stereocenters. The number of hydrogen-bond acceptors (Lipinski definition) is 5. The Kier molecular flexibility index (Phi) is 5.41. The van der Waals surface area contributed by atoms with Gasteiger partial charge in [-0.25, -0.2) is 17.8 Å². The van der Waals surface area contributed by atoms with Gasteiger partial charge in [-0.05, 0) is 37.2 Å². The maximum Gasteiger partial charge on any atom is 0.244 e. The molecule has 6 nitrogen and oxygen atoms in total. The second kappa shape index (κ2) is 7.39. The molecule has 1 aliphatic heterocycles. The van der Waals surface area contributed by atoms with Crippen molar-refractivity contribution >= 4 is 10.0 Å². The van der Waals surface area contributed by atoms with Gasteiger partial charge in [-0.15, -0.1) is 0 Å². The fraction of sp³-hybridized carbons (Fsp3) is 0.588. The molecule has 8 heteroatoms. The lowest BCUT2D eigenvalue weighted by atomic mass is 9.63. The largest absolute Gasteiger partial charge is 0.473 e. The van der Waals surface area contributed by atoms with Crippen molar-refractivity contribution in [1.82, 2.24) is 9.29 Å². The molecule has 3 rings (SSSR count). The first-order valence-electron chi connectivity index (χ1n) is 8.56. The third-order valence-electron chi connectivity index (χ3n) is 5.37. The number of nitrogens with zero attached hydrogens (tertiary/aromatic N) is 2. The van der Waals surface area contributed by atoms with Crippen LogP contribution in [0.2, 0.25) is 0 Å². The number of hydrogen-bond donors (Lipinski definition) is 1. The van der Waals surface area contributed by atoms with Gasteiger partial charge < -0.3 is 10.5 Å². The minimum Gasteiger partial charge on any atom is -0.473 e. The zero-order chi connectivity index (χ0) is 17.9. The first-order valence-corrected chi connectivity index (χ1v) is 10.0. The van der Waals surface area contributed by atoms with E-state index in [0.717, 1.165) is 12.8 Å². The summed E-state index contributed by atoms with van der Waals surface area (Å²) in [6.07, 6.45) is 7.31. The van der Waals surface area contributed by atoms with E-state index in [1.54, 1.807) is 4.31 Å². The monoisotopic (exact) mass is 369 g/mol. The van der Waals surface area contributed by atoms with Crippen LogP contribution in [-0.4, -0.2) is 43.9 Å². The van der Waals surface area contributed by atoms with Gasteiger partial charge in [0.25, 0.3) is 0 Å². The van der Waals surface area contributed by atoms with E-state index in [0.29, 0.717) is 30.4 Å². The molecule has 0 radical (unpaired) electrons. The summed E-state index contributed by atoms with van der Waals surface area (Å²) in [6.45, 7) is 1.18. The minimum atomic E-state index is -3.53. The normalized spacial score (nSPS) is 21.1. The number of nitrogens with two attached hydrogens (primary N) is 1. The van der Waals surface area contributed by atoms with Crippen molar-refractivity contribution < 1.29 is 17.5 Å². The van der Waals surface area contributed by atoms with Crippen molar-refractivity contribution in [1.29, 1.82) is 0 Å². The smallest absolute Gasteiger partial charge is 0.244 e. The molecule has 1 aliphatic carbocycles. The van der Waals surface area contributed by atoms with Gasteiger partial charge >= 0.3 is 0 Å². The van der Waals surface area contributed by atoms with Gasteiger partial charge in [0.1, 0.15) is 11.5 Å². The van der Waals surface area contributed by atoms with E-state index < -0.39 is 10.0 Å². The van der Waals surface area contributed by atoms with E-state index in [4.69, 9.17) is 10.5 Å². The van der Waals surface area contributed by atoms with E-state index in [1.165, 1.54) is 37.6 Å². The Morgan fingerprint density at radius 3 is 2.52 bits per heavy atom. The van der Waals surface area contributed by atoms with Crippen molar-refractivity contribution in [3.05, 3.63) is 30.2 Å². The molecule has 2 heterocycles. The highest BCUT2D eigenvalue weighted by molar-refractivity contribution is 7.89. The van der Waals surface area contributed by atoms with Crippen LogP contribution in [0, 0.1) is 5.41 Å². The highest BCUT2D eigenvalue weighted by atomic mass is 32.2. The predicted molar refractivity (Wildman–Crippen MR) is 92.3 cm³/mol. The van der Waals surface area contributed by atoms with Crippen molar-refractivity contribution in [2.75, 3.05) is 26.2 Å². The first-order chi connectivity index (χ1) is 12.0. The topological polar surface area (TPSA) is 85.5 Å². The molecule has 2 aliphatic rings. The molecule has 1 aromatic rings. The van der Waals surface area contributed by atoms with Crippen LogP contribution in [0.15, 0.2) is 35.1 Å². The van der Waals surface area contributed by atoms with Crippen LogP contribution in [0.1, 0.15) is 32.1 Å². The quantitative estimate of drug-likeness (QED) is 0.831. The molecule has 1 saturated heterocycles. The third kappa shape index (κ3) is 3.86. The third-order valence-corrected chi connectivity index (χ3v) is 7.25. The van der Waals surface area contributed by atoms with E-state index in [9.17, 15) is 12.8 Å². The van der Waals surface area contributed by atoms with Crippen LogP contribution in [0.5, 0.6) is 5.88 Å². The maximum absolute atomic E-state index is 12.7. The number of pyridine rings is 1. The highest BCUT2D eigenvalue weighted by Crippen LogP contribution is 2.49. The van der Waals surface area contributed by atoms with Gasteiger partial charge in [0.15, 0.2) is 0 Å². The van der Waals surface area contributed by atoms with E-state index >= 15 is 0 Å². The molecule has 1 saturated carbocycles. The molecule has 0 aromatic carbocycles. The zero-order valence-electron chi connectivity index (χ0n) is 14.2. The average Bonchev–Trinajstić information content (AvgIpc) is 2.62. The molecule has 138 valence electrons. The average molecular weight is 369 g/mol. The number of piperidine rings is 1. The molecule has 2 fully saturated rings. The Hall–Kier alpha value is -1.51. The molecule has 25 heavy (non-hydrogen) atoms. The Bertz CT molecular complexity index is 720. The molecule has 1 spiro atoms. The molecular formula is C17H24FN3O3S. The Balaban J connectivity index is 1.62. The lowest BCUT2D eigenvalue weighted by Gasteiger charge is -2.47. The van der Waals surface area contributed by atoms with Gasteiger partial charge in [0.05, 0.1) is 12.5 Å². The summed E-state index contributed by atoms with van der Waals surface area (Å²) < 4.78 is 44.8. The summed E-state index contributed by atoms with van der Waals surface area (Å²) in [5, 5.41) is 0. The molecule has 0 atom stereocenters. The zero-order valence-corrected chi connectivity index (χ0v) is 15.0. The number of aromatic nitrogens is 1. The fourth-order valence-electron chi connectivity index (χ4n) is 3.43. The van der Waals surface area contributed by atoms with Crippen LogP contribution in [0.4, 0.5) is 4.39 Å². The summed E-state index contributed by atoms with van der Waals surface area (Å²) in [6, 6.07) is 2.96. The molecule has 1 aromatic heterocycles. The molecular weight excluding hydrogens is 345 g/mol. The molecule has 0 bridgehead atoms. The predicted octanol–water partition coefficient (Wildman–Crippen LogP) is 2.23. The molecule has 2 N–H and O–H groups in total. The van der Waals surface area contributed by atoms with E-state index in [1.807, 2.05) is 0 Å². The van der Waals surface area contributed by atoms with Crippen LogP contribution in [0.25, 0.3) is 0 Å². The summed E-state index contributed by atoms with van der Waals surface area (Å²) in [4.78, 5) is 4.17. The number of ether oxygens (including phenoxy) is 1. The Morgan fingerprint density at radius 1 is 1.32 bits per heavy atom. The standard InChI is InChI=1S/C17H24FN3O3S/c18-10-14(11-19)13-24-16-3-2-15(12-20-16)25(22,23)21-8-6-17(7-9-21)4-1-5-17/h2-3,10,12H,1,4-9,11,13,19H2/b14-10+. The molecule has 0 amide bonds. The maximum atomic E-state index is 12.7. The SMILES string of the molecule is NC/C(=C\F)COc1ccc(S(=O)(=O)N2CCC3(CCC3)CC2)cn1. The van der Waals surface area contributed by atoms with E-state index in [2.05, 4.69) is 4.98 Å². The summed E-state index contributed by atoms with van der Waals surface area (Å²) in [5.74, 6) is 0.235. The van der Waals surface area contributed by atoms with Crippen LogP contribution in [-0.2, 0) is 10.0 Å².